The smallest absolute Gasteiger partial charge is 0.278 e. The number of carbonyl (C=O) groups is 1. The second-order valence-electron chi connectivity index (χ2n) is 4.23. The Morgan fingerprint density at radius 3 is 2.70 bits per heavy atom. The lowest BCUT2D eigenvalue weighted by Crippen LogP contribution is -2.14. The van der Waals surface area contributed by atoms with Crippen LogP contribution in [0.5, 0.6) is 0 Å². The van der Waals surface area contributed by atoms with Crippen molar-refractivity contribution in [1.29, 1.82) is 0 Å². The van der Waals surface area contributed by atoms with Gasteiger partial charge in [0.05, 0.1) is 18.2 Å². The van der Waals surface area contributed by atoms with Crippen molar-refractivity contribution in [3.05, 3.63) is 36.3 Å². The van der Waals surface area contributed by atoms with E-state index in [2.05, 4.69) is 20.0 Å². The Kier molecular flexibility index (Phi) is 3.75. The number of aryl methyl sites for hydroxylation is 1. The van der Waals surface area contributed by atoms with Gasteiger partial charge in [0.15, 0.2) is 5.03 Å². The number of rotatable bonds is 4. The fourth-order valence-electron chi connectivity index (χ4n) is 1.60. The summed E-state index contributed by atoms with van der Waals surface area (Å²) in [6.45, 7) is 3.15. The molecular formula is C12H14N4O3S. The molecule has 2 aromatic rings. The number of H-pyrrole nitrogens is 1. The molecule has 0 saturated heterocycles. The average molecular weight is 294 g/mol. The van der Waals surface area contributed by atoms with Crippen LogP contribution >= 0.6 is 0 Å². The number of hydrogen-bond donors (Lipinski definition) is 3. The maximum absolute atomic E-state index is 12.1. The number of sulfonamides is 1. The van der Waals surface area contributed by atoms with Gasteiger partial charge in [-0.1, -0.05) is 6.07 Å². The highest BCUT2D eigenvalue weighted by molar-refractivity contribution is 7.92. The number of carbonyl (C=O) groups excluding carboxylic acids is 1. The first kappa shape index (κ1) is 14.1. The molecule has 0 aliphatic heterocycles. The van der Waals surface area contributed by atoms with Crippen molar-refractivity contribution in [2.24, 2.45) is 0 Å². The zero-order valence-corrected chi connectivity index (χ0v) is 11.8. The van der Waals surface area contributed by atoms with E-state index >= 15 is 0 Å². The molecule has 0 radical (unpaired) electrons. The second kappa shape index (κ2) is 5.33. The van der Waals surface area contributed by atoms with Crippen LogP contribution in [0.25, 0.3) is 0 Å². The first-order valence-electron chi connectivity index (χ1n) is 5.78. The summed E-state index contributed by atoms with van der Waals surface area (Å²) in [5.74, 6) is -0.226. The summed E-state index contributed by atoms with van der Waals surface area (Å²) in [6, 6.07) is 4.98. The summed E-state index contributed by atoms with van der Waals surface area (Å²) in [6.07, 6.45) is 2.50. The highest BCUT2D eigenvalue weighted by Gasteiger charge is 2.16. The molecular weight excluding hydrogens is 280 g/mol. The number of hydrogen-bond acceptors (Lipinski definition) is 4. The van der Waals surface area contributed by atoms with Crippen LogP contribution in [0.4, 0.5) is 11.4 Å². The minimum absolute atomic E-state index is 0.0261. The Balaban J connectivity index is 2.31. The average Bonchev–Trinajstić information content (AvgIpc) is 2.87. The molecule has 2 rings (SSSR count). The number of benzene rings is 1. The third kappa shape index (κ3) is 3.15. The standard InChI is InChI=1S/C12H14N4O3S/c1-8-3-4-10(15-9(2)17)5-11(8)16-20(18,19)12-6-13-7-14-12/h3-7,16H,1-2H3,(H,13,14)(H,15,17). The molecule has 0 aliphatic carbocycles. The summed E-state index contributed by atoms with van der Waals surface area (Å²) >= 11 is 0. The van der Waals surface area contributed by atoms with E-state index in [4.69, 9.17) is 0 Å². The van der Waals surface area contributed by atoms with E-state index in [1.807, 2.05) is 0 Å². The summed E-state index contributed by atoms with van der Waals surface area (Å²) < 4.78 is 26.6. The zero-order valence-electron chi connectivity index (χ0n) is 11.0. The van der Waals surface area contributed by atoms with Crippen LogP contribution in [-0.2, 0) is 14.8 Å². The van der Waals surface area contributed by atoms with Crippen LogP contribution in [-0.4, -0.2) is 24.3 Å². The van der Waals surface area contributed by atoms with Crippen LogP contribution < -0.4 is 10.0 Å². The van der Waals surface area contributed by atoms with Crippen molar-refractivity contribution >= 4 is 27.3 Å². The minimum atomic E-state index is -3.72. The number of nitrogens with one attached hydrogen (secondary N) is 3. The van der Waals surface area contributed by atoms with Crippen molar-refractivity contribution in [2.75, 3.05) is 10.0 Å². The van der Waals surface area contributed by atoms with E-state index < -0.39 is 10.0 Å². The van der Waals surface area contributed by atoms with E-state index in [-0.39, 0.29) is 10.9 Å². The van der Waals surface area contributed by atoms with Crippen LogP contribution in [0.1, 0.15) is 12.5 Å². The number of amides is 1. The fourth-order valence-corrected chi connectivity index (χ4v) is 2.63. The molecule has 0 saturated carbocycles. The Hall–Kier alpha value is -2.35. The molecule has 0 unspecified atom stereocenters. The van der Waals surface area contributed by atoms with Crippen LogP contribution in [0, 0.1) is 6.92 Å². The van der Waals surface area contributed by atoms with Crippen molar-refractivity contribution in [3.8, 4) is 0 Å². The molecule has 0 aliphatic rings. The maximum Gasteiger partial charge on any atom is 0.278 e. The molecule has 0 fully saturated rings. The minimum Gasteiger partial charge on any atom is -0.334 e. The molecule has 3 N–H and O–H groups in total. The molecule has 20 heavy (non-hydrogen) atoms. The van der Waals surface area contributed by atoms with Gasteiger partial charge < -0.3 is 10.3 Å². The summed E-state index contributed by atoms with van der Waals surface area (Å²) in [4.78, 5) is 17.2. The van der Waals surface area contributed by atoms with Crippen molar-refractivity contribution in [3.63, 3.8) is 0 Å². The third-order valence-corrected chi connectivity index (χ3v) is 3.86. The maximum atomic E-state index is 12.1. The number of aromatic amines is 1. The number of aromatic nitrogens is 2. The van der Waals surface area contributed by atoms with Gasteiger partial charge in [0.2, 0.25) is 5.91 Å². The van der Waals surface area contributed by atoms with Gasteiger partial charge in [-0.3, -0.25) is 9.52 Å². The van der Waals surface area contributed by atoms with Gasteiger partial charge in [0, 0.05) is 12.6 Å². The Labute approximate surface area is 116 Å². The molecule has 106 valence electrons. The molecule has 0 atom stereocenters. The normalized spacial score (nSPS) is 11.1. The van der Waals surface area contributed by atoms with Gasteiger partial charge in [-0.25, -0.2) is 4.98 Å². The summed E-state index contributed by atoms with van der Waals surface area (Å²) in [5, 5.41) is 2.57. The predicted molar refractivity (Wildman–Crippen MR) is 74.9 cm³/mol. The molecule has 0 spiro atoms. The van der Waals surface area contributed by atoms with E-state index in [0.717, 1.165) is 5.56 Å². The van der Waals surface area contributed by atoms with Gasteiger partial charge in [-0.05, 0) is 24.6 Å². The topological polar surface area (TPSA) is 104 Å². The largest absolute Gasteiger partial charge is 0.334 e. The van der Waals surface area contributed by atoms with Crippen molar-refractivity contribution in [2.45, 2.75) is 18.9 Å². The molecule has 1 heterocycles. The summed E-state index contributed by atoms with van der Waals surface area (Å²) in [5.41, 5.74) is 1.65. The van der Waals surface area contributed by atoms with Gasteiger partial charge in [-0.2, -0.15) is 8.42 Å². The monoisotopic (exact) mass is 294 g/mol. The molecule has 7 nitrogen and oxygen atoms in total. The van der Waals surface area contributed by atoms with Crippen molar-refractivity contribution in [1.82, 2.24) is 9.97 Å². The van der Waals surface area contributed by atoms with Crippen LogP contribution in [0.15, 0.2) is 35.7 Å². The number of nitrogens with zero attached hydrogens (tertiary/aromatic N) is 1. The van der Waals surface area contributed by atoms with E-state index in [1.54, 1.807) is 25.1 Å². The SMILES string of the molecule is CC(=O)Nc1ccc(C)c(NS(=O)(=O)c2cnc[nH]2)c1. The lowest BCUT2D eigenvalue weighted by Gasteiger charge is -2.11. The van der Waals surface area contributed by atoms with Crippen molar-refractivity contribution < 1.29 is 13.2 Å². The molecule has 8 heteroatoms. The number of imidazole rings is 1. The lowest BCUT2D eigenvalue weighted by atomic mass is 10.2. The molecule has 1 amide bonds. The van der Waals surface area contributed by atoms with Gasteiger partial charge in [0.25, 0.3) is 10.0 Å². The van der Waals surface area contributed by atoms with Crippen LogP contribution in [0.2, 0.25) is 0 Å². The van der Waals surface area contributed by atoms with E-state index in [0.29, 0.717) is 11.4 Å². The predicted octanol–water partition coefficient (Wildman–Crippen LogP) is 1.48. The van der Waals surface area contributed by atoms with E-state index in [1.165, 1.54) is 19.4 Å². The second-order valence-corrected chi connectivity index (χ2v) is 5.88. The Morgan fingerprint density at radius 2 is 2.10 bits per heavy atom. The first-order valence-corrected chi connectivity index (χ1v) is 7.26. The Bertz CT molecular complexity index is 723. The van der Waals surface area contributed by atoms with Gasteiger partial charge >= 0.3 is 0 Å². The molecule has 1 aromatic carbocycles. The fraction of sp³-hybridized carbons (Fsp3) is 0.167. The molecule has 1 aromatic heterocycles. The van der Waals surface area contributed by atoms with Gasteiger partial charge in [-0.15, -0.1) is 0 Å². The number of anilines is 2. The van der Waals surface area contributed by atoms with Gasteiger partial charge in [0.1, 0.15) is 0 Å². The Morgan fingerprint density at radius 1 is 1.35 bits per heavy atom. The third-order valence-electron chi connectivity index (χ3n) is 2.56. The highest BCUT2D eigenvalue weighted by Crippen LogP contribution is 2.22. The van der Waals surface area contributed by atoms with Crippen LogP contribution in [0.3, 0.4) is 0 Å². The first-order chi connectivity index (χ1) is 9.38. The summed E-state index contributed by atoms with van der Waals surface area (Å²) in [7, 11) is -3.72. The van der Waals surface area contributed by atoms with E-state index in [9.17, 15) is 13.2 Å². The lowest BCUT2D eigenvalue weighted by molar-refractivity contribution is -0.114. The molecule has 0 bridgehead atoms. The zero-order chi connectivity index (χ0) is 14.8. The quantitative estimate of drug-likeness (QED) is 0.794. The highest BCUT2D eigenvalue weighted by atomic mass is 32.2.